The molecule has 0 amide bonds. The Labute approximate surface area is 106 Å². The number of nitrogens with two attached hydrogens (primary N) is 1. The molecule has 4 heteroatoms. The van der Waals surface area contributed by atoms with Crippen LogP contribution in [0.3, 0.4) is 0 Å². The fourth-order valence-electron chi connectivity index (χ4n) is 2.62. The number of ether oxygens (including phenoxy) is 1. The van der Waals surface area contributed by atoms with E-state index in [9.17, 15) is 0 Å². The van der Waals surface area contributed by atoms with Crippen LogP contribution in [0.25, 0.3) is 11.3 Å². The van der Waals surface area contributed by atoms with Gasteiger partial charge in [-0.25, -0.2) is 0 Å². The van der Waals surface area contributed by atoms with E-state index in [-0.39, 0.29) is 0 Å². The minimum atomic E-state index is 0.504. The minimum absolute atomic E-state index is 0.504. The van der Waals surface area contributed by atoms with Gasteiger partial charge in [-0.2, -0.15) is 5.10 Å². The molecule has 1 aromatic heterocycles. The van der Waals surface area contributed by atoms with Gasteiger partial charge < -0.3 is 10.5 Å². The van der Waals surface area contributed by atoms with Gasteiger partial charge in [0.15, 0.2) is 0 Å². The highest BCUT2D eigenvalue weighted by atomic mass is 16.5. The minimum Gasteiger partial charge on any atom is -0.496 e. The van der Waals surface area contributed by atoms with E-state index in [0.29, 0.717) is 5.82 Å². The number of aromatic nitrogens is 2. The molecule has 3 N–H and O–H groups in total. The number of fused-ring (bicyclic) bond motifs is 1. The standard InChI is InChI=1S/C14H17N3O/c1-18-13-7-10-5-3-2-4-9(10)6-11(13)12-8-14(15)17-16-12/h6-8H,2-5H2,1H3,(H3,15,16,17). The molecule has 0 fully saturated rings. The Kier molecular flexibility index (Phi) is 2.70. The molecule has 0 bridgehead atoms. The van der Waals surface area contributed by atoms with Crippen LogP contribution in [0.15, 0.2) is 18.2 Å². The molecular weight excluding hydrogens is 226 g/mol. The maximum Gasteiger partial charge on any atom is 0.145 e. The number of anilines is 1. The Morgan fingerprint density at radius 3 is 2.50 bits per heavy atom. The van der Waals surface area contributed by atoms with Gasteiger partial charge in [0.2, 0.25) is 0 Å². The molecule has 0 aliphatic heterocycles. The molecule has 3 rings (SSSR count). The van der Waals surface area contributed by atoms with E-state index < -0.39 is 0 Å². The quantitative estimate of drug-likeness (QED) is 0.852. The van der Waals surface area contributed by atoms with Gasteiger partial charge >= 0.3 is 0 Å². The Morgan fingerprint density at radius 2 is 1.89 bits per heavy atom. The highest BCUT2D eigenvalue weighted by molar-refractivity contribution is 5.71. The molecule has 0 atom stereocenters. The number of aryl methyl sites for hydroxylation is 2. The van der Waals surface area contributed by atoms with Crippen LogP contribution >= 0.6 is 0 Å². The zero-order valence-corrected chi connectivity index (χ0v) is 10.5. The van der Waals surface area contributed by atoms with Crippen LogP contribution in [-0.4, -0.2) is 17.3 Å². The van der Waals surface area contributed by atoms with Gasteiger partial charge in [-0.05, 0) is 48.9 Å². The van der Waals surface area contributed by atoms with Crippen molar-refractivity contribution in [3.8, 4) is 17.0 Å². The van der Waals surface area contributed by atoms with Crippen molar-refractivity contribution < 1.29 is 4.74 Å². The fourth-order valence-corrected chi connectivity index (χ4v) is 2.62. The Bertz CT molecular complexity index is 574. The molecule has 0 saturated carbocycles. The van der Waals surface area contributed by atoms with Gasteiger partial charge in [0, 0.05) is 11.6 Å². The van der Waals surface area contributed by atoms with E-state index in [1.54, 1.807) is 7.11 Å². The molecule has 0 saturated heterocycles. The molecule has 0 radical (unpaired) electrons. The summed E-state index contributed by atoms with van der Waals surface area (Å²) in [7, 11) is 1.70. The van der Waals surface area contributed by atoms with Crippen molar-refractivity contribution in [3.63, 3.8) is 0 Å². The second kappa shape index (κ2) is 4.37. The molecule has 0 spiro atoms. The zero-order valence-electron chi connectivity index (χ0n) is 10.5. The van der Waals surface area contributed by atoms with Crippen molar-refractivity contribution in [2.24, 2.45) is 0 Å². The number of rotatable bonds is 2. The summed E-state index contributed by atoms with van der Waals surface area (Å²) in [6, 6.07) is 6.20. The van der Waals surface area contributed by atoms with Crippen LogP contribution in [0.2, 0.25) is 0 Å². The number of H-pyrrole nitrogens is 1. The SMILES string of the molecule is COc1cc2c(cc1-c1cc(N)n[nH]1)CCCC2. The van der Waals surface area contributed by atoms with Crippen LogP contribution in [-0.2, 0) is 12.8 Å². The van der Waals surface area contributed by atoms with E-state index in [1.165, 1.54) is 24.0 Å². The van der Waals surface area contributed by atoms with Crippen LogP contribution < -0.4 is 10.5 Å². The first-order valence-electron chi connectivity index (χ1n) is 6.29. The molecule has 1 aliphatic carbocycles. The van der Waals surface area contributed by atoms with E-state index in [1.807, 2.05) is 6.07 Å². The molecule has 94 valence electrons. The summed E-state index contributed by atoms with van der Waals surface area (Å²) in [5, 5.41) is 6.93. The fraction of sp³-hybridized carbons (Fsp3) is 0.357. The average Bonchev–Trinajstić information content (AvgIpc) is 2.83. The number of nitrogens with one attached hydrogen (secondary N) is 1. The average molecular weight is 243 g/mol. The molecule has 1 aliphatic rings. The Hall–Kier alpha value is -1.97. The predicted molar refractivity (Wildman–Crippen MR) is 71.6 cm³/mol. The zero-order chi connectivity index (χ0) is 12.5. The van der Waals surface area contributed by atoms with Gasteiger partial charge in [0.1, 0.15) is 11.6 Å². The van der Waals surface area contributed by atoms with E-state index in [4.69, 9.17) is 10.5 Å². The number of nitrogen functional groups attached to an aromatic ring is 1. The molecule has 2 aromatic rings. The number of methoxy groups -OCH3 is 1. The van der Waals surface area contributed by atoms with E-state index >= 15 is 0 Å². The number of hydrogen-bond donors (Lipinski definition) is 2. The topological polar surface area (TPSA) is 63.9 Å². The smallest absolute Gasteiger partial charge is 0.145 e. The normalized spacial score (nSPS) is 14.3. The van der Waals surface area contributed by atoms with E-state index in [0.717, 1.165) is 29.8 Å². The maximum atomic E-state index is 5.66. The first-order valence-corrected chi connectivity index (χ1v) is 6.29. The summed E-state index contributed by atoms with van der Waals surface area (Å²) in [6.45, 7) is 0. The van der Waals surface area contributed by atoms with Crippen molar-refractivity contribution in [2.75, 3.05) is 12.8 Å². The first kappa shape index (κ1) is 11.1. The third-order valence-corrected chi connectivity index (χ3v) is 3.55. The van der Waals surface area contributed by atoms with Gasteiger partial charge in [0.05, 0.1) is 12.8 Å². The van der Waals surface area contributed by atoms with Gasteiger partial charge in [0.25, 0.3) is 0 Å². The third-order valence-electron chi connectivity index (χ3n) is 3.55. The summed E-state index contributed by atoms with van der Waals surface area (Å²) in [4.78, 5) is 0. The van der Waals surface area contributed by atoms with Crippen LogP contribution in [0.1, 0.15) is 24.0 Å². The largest absolute Gasteiger partial charge is 0.496 e. The lowest BCUT2D eigenvalue weighted by atomic mass is 9.89. The lowest BCUT2D eigenvalue weighted by Gasteiger charge is -2.18. The van der Waals surface area contributed by atoms with Crippen molar-refractivity contribution >= 4 is 5.82 Å². The number of aromatic amines is 1. The molecule has 1 heterocycles. The van der Waals surface area contributed by atoms with Crippen molar-refractivity contribution in [3.05, 3.63) is 29.3 Å². The van der Waals surface area contributed by atoms with Crippen LogP contribution in [0, 0.1) is 0 Å². The highest BCUT2D eigenvalue weighted by Gasteiger charge is 2.16. The van der Waals surface area contributed by atoms with Gasteiger partial charge in [-0.15, -0.1) is 0 Å². The number of hydrogen-bond acceptors (Lipinski definition) is 3. The maximum absolute atomic E-state index is 5.66. The van der Waals surface area contributed by atoms with Crippen LogP contribution in [0.4, 0.5) is 5.82 Å². The molecule has 18 heavy (non-hydrogen) atoms. The summed E-state index contributed by atoms with van der Waals surface area (Å²) < 4.78 is 5.49. The summed E-state index contributed by atoms with van der Waals surface area (Å²) in [5.74, 6) is 1.39. The number of benzene rings is 1. The van der Waals surface area contributed by atoms with Gasteiger partial charge in [-0.3, -0.25) is 5.10 Å². The lowest BCUT2D eigenvalue weighted by Crippen LogP contribution is -2.04. The molecular formula is C14H17N3O. The first-order chi connectivity index (χ1) is 8.78. The second-order valence-corrected chi connectivity index (χ2v) is 4.73. The van der Waals surface area contributed by atoms with Crippen LogP contribution in [0.5, 0.6) is 5.75 Å². The molecule has 4 nitrogen and oxygen atoms in total. The molecule has 0 unspecified atom stereocenters. The van der Waals surface area contributed by atoms with Crippen molar-refractivity contribution in [2.45, 2.75) is 25.7 Å². The molecule has 1 aromatic carbocycles. The Balaban J connectivity index is 2.12. The monoisotopic (exact) mass is 243 g/mol. The summed E-state index contributed by atoms with van der Waals surface area (Å²) >= 11 is 0. The second-order valence-electron chi connectivity index (χ2n) is 4.73. The summed E-state index contributed by atoms with van der Waals surface area (Å²) in [6.07, 6.45) is 4.84. The predicted octanol–water partition coefficient (Wildman–Crippen LogP) is 2.55. The number of nitrogens with zero attached hydrogens (tertiary/aromatic N) is 1. The highest BCUT2D eigenvalue weighted by Crippen LogP contribution is 2.35. The summed E-state index contributed by atoms with van der Waals surface area (Å²) in [5.41, 5.74) is 10.5. The van der Waals surface area contributed by atoms with Gasteiger partial charge in [-0.1, -0.05) is 0 Å². The Morgan fingerprint density at radius 1 is 1.17 bits per heavy atom. The van der Waals surface area contributed by atoms with Crippen molar-refractivity contribution in [1.82, 2.24) is 10.2 Å². The van der Waals surface area contributed by atoms with E-state index in [2.05, 4.69) is 22.3 Å². The lowest BCUT2D eigenvalue weighted by molar-refractivity contribution is 0.415. The third kappa shape index (κ3) is 1.83. The van der Waals surface area contributed by atoms with Crippen molar-refractivity contribution in [1.29, 1.82) is 0 Å².